The van der Waals surface area contributed by atoms with E-state index in [0.29, 0.717) is 6.54 Å². The first kappa shape index (κ1) is 21.3. The van der Waals surface area contributed by atoms with Gasteiger partial charge in [-0.25, -0.2) is 0 Å². The molecule has 7 nitrogen and oxygen atoms in total. The molecule has 0 aliphatic carbocycles. The lowest BCUT2D eigenvalue weighted by molar-refractivity contribution is -0.908. The summed E-state index contributed by atoms with van der Waals surface area (Å²) in [4.78, 5) is 29.2. The first-order chi connectivity index (χ1) is 15.1. The molecule has 1 atom stereocenters. The Hall–Kier alpha value is -2.90. The van der Waals surface area contributed by atoms with Crippen LogP contribution in [0.1, 0.15) is 41.1 Å². The molecule has 0 radical (unpaired) electrons. The number of hydrogen-bond acceptors (Lipinski definition) is 5. The summed E-state index contributed by atoms with van der Waals surface area (Å²) in [6, 6.07) is 10.4. The number of Topliss-reactive ketones (excluding diaryl/α,β-unsaturated/α-hetero) is 1. The molecule has 3 heterocycles. The Kier molecular flexibility index (Phi) is 6.53. The van der Waals surface area contributed by atoms with Gasteiger partial charge in [0.15, 0.2) is 11.5 Å². The minimum atomic E-state index is -0.629. The average molecular weight is 426 g/mol. The van der Waals surface area contributed by atoms with Crippen molar-refractivity contribution >= 4 is 11.7 Å². The van der Waals surface area contributed by atoms with Gasteiger partial charge < -0.3 is 24.1 Å². The van der Waals surface area contributed by atoms with Crippen LogP contribution in [0.5, 0.6) is 0 Å². The molecule has 2 aliphatic heterocycles. The van der Waals surface area contributed by atoms with Crippen molar-refractivity contribution in [3.63, 3.8) is 0 Å². The molecule has 0 saturated carbocycles. The Morgan fingerprint density at radius 1 is 1.19 bits per heavy atom. The first-order valence-electron chi connectivity index (χ1n) is 10.9. The Morgan fingerprint density at radius 3 is 2.58 bits per heavy atom. The van der Waals surface area contributed by atoms with Gasteiger partial charge in [0.05, 0.1) is 37.6 Å². The van der Waals surface area contributed by atoms with Gasteiger partial charge in [-0.15, -0.1) is 0 Å². The van der Waals surface area contributed by atoms with E-state index < -0.39 is 23.5 Å². The van der Waals surface area contributed by atoms with E-state index >= 15 is 0 Å². The number of carbonyl (C=O) groups is 2. The zero-order chi connectivity index (χ0) is 21.8. The summed E-state index contributed by atoms with van der Waals surface area (Å²) in [6.45, 7) is 6.89. The number of nitrogens with zero attached hydrogens (tertiary/aromatic N) is 1. The number of furan rings is 1. The fourth-order valence-corrected chi connectivity index (χ4v) is 4.35. The third-order valence-electron chi connectivity index (χ3n) is 6.13. The van der Waals surface area contributed by atoms with Crippen LogP contribution in [0.2, 0.25) is 0 Å². The molecule has 0 bridgehead atoms. The van der Waals surface area contributed by atoms with E-state index in [1.165, 1.54) is 16.7 Å². The lowest BCUT2D eigenvalue weighted by Gasteiger charge is -2.28. The molecular weight excluding hydrogens is 396 g/mol. The second-order valence-corrected chi connectivity index (χ2v) is 8.03. The molecule has 7 heteroatoms. The number of aliphatic hydroxyl groups is 1. The van der Waals surface area contributed by atoms with Crippen LogP contribution >= 0.6 is 0 Å². The number of quaternary nitrogens is 1. The monoisotopic (exact) mass is 425 g/mol. The summed E-state index contributed by atoms with van der Waals surface area (Å²) in [5.74, 6) is -1.33. The number of amides is 1. The minimum absolute atomic E-state index is 0.0860. The van der Waals surface area contributed by atoms with Crippen LogP contribution in [0.4, 0.5) is 0 Å². The SMILES string of the molecule is CCc1ccc([C@H]2C(C(=O)c3ccco3)=C(O)C(=O)N2CCC[NH+]2CCOCC2)cc1. The molecule has 0 unspecified atom stereocenters. The Bertz CT molecular complexity index is 943. The van der Waals surface area contributed by atoms with Gasteiger partial charge in [-0.2, -0.15) is 0 Å². The maximum atomic E-state index is 13.1. The molecule has 2 N–H and O–H groups in total. The zero-order valence-corrected chi connectivity index (χ0v) is 17.8. The topological polar surface area (TPSA) is 84.4 Å². The molecule has 1 aromatic heterocycles. The van der Waals surface area contributed by atoms with E-state index in [1.807, 2.05) is 24.3 Å². The number of ketones is 1. The number of aliphatic hydroxyl groups excluding tert-OH is 1. The standard InChI is InChI=1S/C24H28N2O5/c1-2-17-6-8-18(9-7-17)21-20(22(27)19-5-3-14-31-19)23(28)24(29)26(21)11-4-10-25-12-15-30-16-13-25/h3,5-9,14,21,28H,2,4,10-13,15-16H2,1H3/p+1/t21-/m0/s1. The first-order valence-corrected chi connectivity index (χ1v) is 10.9. The van der Waals surface area contributed by atoms with Crippen LogP contribution in [0.15, 0.2) is 58.4 Å². The zero-order valence-electron chi connectivity index (χ0n) is 17.8. The van der Waals surface area contributed by atoms with Crippen molar-refractivity contribution in [2.75, 3.05) is 39.4 Å². The lowest BCUT2D eigenvalue weighted by atomic mass is 9.94. The Morgan fingerprint density at radius 2 is 1.94 bits per heavy atom. The number of ether oxygens (including phenoxy) is 1. The van der Waals surface area contributed by atoms with Gasteiger partial charge in [0.25, 0.3) is 5.91 Å². The van der Waals surface area contributed by atoms with E-state index in [4.69, 9.17) is 9.15 Å². The fourth-order valence-electron chi connectivity index (χ4n) is 4.35. The van der Waals surface area contributed by atoms with Crippen molar-refractivity contribution in [3.8, 4) is 0 Å². The maximum absolute atomic E-state index is 13.1. The molecule has 1 aromatic carbocycles. The van der Waals surface area contributed by atoms with Crippen LogP contribution in [-0.4, -0.2) is 61.1 Å². The molecule has 4 rings (SSSR count). The molecule has 0 spiro atoms. The summed E-state index contributed by atoms with van der Waals surface area (Å²) in [7, 11) is 0. The second-order valence-electron chi connectivity index (χ2n) is 8.03. The van der Waals surface area contributed by atoms with Gasteiger partial charge >= 0.3 is 0 Å². The van der Waals surface area contributed by atoms with Gasteiger partial charge in [-0.3, -0.25) is 9.59 Å². The Labute approximate surface area is 181 Å². The van der Waals surface area contributed by atoms with Crippen molar-refractivity contribution < 1.29 is 28.7 Å². The van der Waals surface area contributed by atoms with Crippen LogP contribution in [0.25, 0.3) is 0 Å². The second kappa shape index (κ2) is 9.49. The van der Waals surface area contributed by atoms with Crippen molar-refractivity contribution in [2.24, 2.45) is 0 Å². The van der Waals surface area contributed by atoms with Gasteiger partial charge in [0.2, 0.25) is 5.78 Å². The summed E-state index contributed by atoms with van der Waals surface area (Å²) >= 11 is 0. The average Bonchev–Trinajstić information content (AvgIpc) is 3.43. The van der Waals surface area contributed by atoms with Crippen LogP contribution in [0, 0.1) is 0 Å². The van der Waals surface area contributed by atoms with Crippen molar-refractivity contribution in [3.05, 3.63) is 70.9 Å². The third kappa shape index (κ3) is 4.43. The summed E-state index contributed by atoms with van der Waals surface area (Å²) in [6.07, 6.45) is 3.09. The largest absolute Gasteiger partial charge is 0.503 e. The fraction of sp³-hybridized carbons (Fsp3) is 0.417. The molecule has 31 heavy (non-hydrogen) atoms. The van der Waals surface area contributed by atoms with Crippen molar-refractivity contribution in [1.29, 1.82) is 0 Å². The molecule has 2 aliphatic rings. The van der Waals surface area contributed by atoms with Gasteiger partial charge in [-0.05, 0) is 29.7 Å². The number of aryl methyl sites for hydroxylation is 1. The van der Waals surface area contributed by atoms with E-state index in [9.17, 15) is 14.7 Å². The van der Waals surface area contributed by atoms with Crippen LogP contribution in [0.3, 0.4) is 0 Å². The van der Waals surface area contributed by atoms with E-state index in [1.54, 1.807) is 17.0 Å². The third-order valence-corrected chi connectivity index (χ3v) is 6.13. The maximum Gasteiger partial charge on any atom is 0.290 e. The van der Waals surface area contributed by atoms with Crippen LogP contribution in [-0.2, 0) is 16.0 Å². The summed E-state index contributed by atoms with van der Waals surface area (Å²) in [5, 5.41) is 10.7. The summed E-state index contributed by atoms with van der Waals surface area (Å²) < 4.78 is 10.7. The highest BCUT2D eigenvalue weighted by atomic mass is 16.5. The normalized spacial score (nSPS) is 20.0. The molecule has 164 valence electrons. The highest BCUT2D eigenvalue weighted by molar-refractivity contribution is 6.15. The van der Waals surface area contributed by atoms with Gasteiger partial charge in [-0.1, -0.05) is 31.2 Å². The van der Waals surface area contributed by atoms with Crippen molar-refractivity contribution in [2.45, 2.75) is 25.8 Å². The predicted molar refractivity (Wildman–Crippen MR) is 114 cm³/mol. The molecule has 1 amide bonds. The Balaban J connectivity index is 1.59. The van der Waals surface area contributed by atoms with E-state index in [0.717, 1.165) is 51.3 Å². The number of carbonyl (C=O) groups excluding carboxylic acids is 2. The number of rotatable bonds is 8. The molecule has 1 saturated heterocycles. The number of hydrogen-bond donors (Lipinski definition) is 2. The molecular formula is C24H29N2O5+. The smallest absolute Gasteiger partial charge is 0.290 e. The highest BCUT2D eigenvalue weighted by Gasteiger charge is 2.44. The predicted octanol–water partition coefficient (Wildman–Crippen LogP) is 1.73. The van der Waals surface area contributed by atoms with E-state index in [2.05, 4.69) is 6.92 Å². The quantitative estimate of drug-likeness (QED) is 0.630. The number of nitrogens with one attached hydrogen (secondary N) is 1. The lowest BCUT2D eigenvalue weighted by Crippen LogP contribution is -3.14. The van der Waals surface area contributed by atoms with E-state index in [-0.39, 0.29) is 11.3 Å². The van der Waals surface area contributed by atoms with Crippen molar-refractivity contribution in [1.82, 2.24) is 4.90 Å². The summed E-state index contributed by atoms with van der Waals surface area (Å²) in [5.41, 5.74) is 2.06. The number of benzene rings is 1. The van der Waals surface area contributed by atoms with Crippen LogP contribution < -0.4 is 4.90 Å². The highest BCUT2D eigenvalue weighted by Crippen LogP contribution is 2.39. The number of morpholine rings is 1. The van der Waals surface area contributed by atoms with Gasteiger partial charge in [0.1, 0.15) is 13.1 Å². The minimum Gasteiger partial charge on any atom is -0.503 e. The molecule has 2 aromatic rings. The van der Waals surface area contributed by atoms with Gasteiger partial charge in [0, 0.05) is 13.0 Å². The molecule has 1 fully saturated rings.